The van der Waals surface area contributed by atoms with E-state index in [0.717, 1.165) is 95.5 Å². The van der Waals surface area contributed by atoms with Gasteiger partial charge in [0.1, 0.15) is 23.0 Å². The van der Waals surface area contributed by atoms with Crippen molar-refractivity contribution in [3.05, 3.63) is 192 Å². The molecule has 0 spiro atoms. The molecule has 0 radical (unpaired) electrons. The van der Waals surface area contributed by atoms with Gasteiger partial charge in [0.25, 0.3) is 0 Å². The van der Waals surface area contributed by atoms with Crippen molar-refractivity contribution >= 4 is 68.2 Å². The number of rotatable bonds is 41. The quantitative estimate of drug-likeness (QED) is 0.0155. The van der Waals surface area contributed by atoms with Crippen LogP contribution in [0, 0.1) is 0 Å². The molecule has 0 bridgehead atoms. The van der Waals surface area contributed by atoms with Crippen LogP contribution in [0.3, 0.4) is 0 Å². The molecule has 8 aromatic carbocycles. The van der Waals surface area contributed by atoms with Crippen LogP contribution < -0.4 is 18.9 Å². The van der Waals surface area contributed by atoms with E-state index in [1.54, 1.807) is 60.7 Å². The number of unbranched alkanes of at least 4 members (excludes halogenated alkanes) is 19. The van der Waals surface area contributed by atoms with E-state index < -0.39 is 23.8 Å². The highest BCUT2D eigenvalue weighted by Gasteiger charge is 2.20. The van der Waals surface area contributed by atoms with Crippen molar-refractivity contribution < 1.29 is 47.6 Å². The molecule has 0 heterocycles. The largest absolute Gasteiger partial charge is 0.494 e. The molecule has 0 saturated heterocycles. The number of benzene rings is 8. The van der Waals surface area contributed by atoms with Gasteiger partial charge < -0.3 is 28.4 Å². The molecule has 0 aliphatic carbocycles. The van der Waals surface area contributed by atoms with Crippen LogP contribution in [0.15, 0.2) is 190 Å². The summed E-state index contributed by atoms with van der Waals surface area (Å²) in [5.41, 5.74) is 5.07. The zero-order valence-electron chi connectivity index (χ0n) is 55.6. The summed E-state index contributed by atoms with van der Waals surface area (Å²) in [5.74, 6) is 0.0185. The molecule has 0 saturated carbocycles. The van der Waals surface area contributed by atoms with E-state index in [1.807, 2.05) is 123 Å². The van der Waals surface area contributed by atoms with E-state index in [4.69, 9.17) is 28.4 Å². The third-order valence-electron chi connectivity index (χ3n) is 16.8. The second-order valence-corrected chi connectivity index (χ2v) is 24.3. The number of ether oxygens (including phenoxy) is 6. The van der Waals surface area contributed by atoms with Crippen LogP contribution in [0.5, 0.6) is 23.0 Å². The van der Waals surface area contributed by atoms with Crippen molar-refractivity contribution in [2.75, 3.05) is 26.4 Å². The maximum absolute atomic E-state index is 13.1. The number of azo groups is 2. The summed E-state index contributed by atoms with van der Waals surface area (Å²) in [4.78, 5) is 52.4. The Morgan fingerprint density at radius 3 is 0.926 bits per heavy atom. The standard InChI is InChI=1S/C80H94N4O10/c1-5-7-9-11-13-15-19-23-51-89-73-47-41-71(42-48-73)83-81-69-37-31-61(32-38-69)79(87)93-75-45-35-65-55-63(27-29-67(65)57-75)59(3)77(85)91-53-25-21-17-18-22-26-54-92-78(86)60(4)64-28-30-68-58-76(46-36-66(68)56-64)94-80(88)62-33-39-70(40-34-62)82-84-72-43-49-74(50-44-72)90-52-24-20-16-14-12-10-8-6-2/h27-50,55-60H,5-26,51-54H2,1-4H3/t59-,60-/m0/s1. The first kappa shape index (κ1) is 70.8. The van der Waals surface area contributed by atoms with Gasteiger partial charge in [0, 0.05) is 0 Å². The van der Waals surface area contributed by atoms with Crippen LogP contribution in [0.1, 0.15) is 213 Å². The van der Waals surface area contributed by atoms with Crippen LogP contribution in [0.2, 0.25) is 0 Å². The molecule has 8 rings (SSSR count). The predicted octanol–water partition coefficient (Wildman–Crippen LogP) is 22.6. The smallest absolute Gasteiger partial charge is 0.343 e. The normalized spacial score (nSPS) is 12.1. The number of carbonyl (C=O) groups is 4. The SMILES string of the molecule is CCCCCCCCCCOc1ccc(N=Nc2ccc(C(=O)Oc3ccc4cc([C@H](C)C(=O)OCCCCCCCCOC(=O)[C@@H](C)c5ccc6cc(OC(=O)c7ccc(N=Nc8ccc(OCCCCCCCCCC)cc8)cc7)ccc6c5)ccc4c3)cc2)cc1. The van der Waals surface area contributed by atoms with Gasteiger partial charge in [-0.05, 0) is 194 Å². The van der Waals surface area contributed by atoms with Crippen LogP contribution in [-0.2, 0) is 19.1 Å². The Kier molecular flexibility index (Phi) is 29.8. The summed E-state index contributed by atoms with van der Waals surface area (Å²) in [5, 5.41) is 20.9. The summed E-state index contributed by atoms with van der Waals surface area (Å²) in [6.07, 6.45) is 25.5. The van der Waals surface area contributed by atoms with Crippen molar-refractivity contribution in [2.45, 2.75) is 181 Å². The average Bonchev–Trinajstić information content (AvgIpc) is 0.889. The summed E-state index contributed by atoms with van der Waals surface area (Å²) >= 11 is 0. The Labute approximate surface area is 555 Å². The van der Waals surface area contributed by atoms with Crippen LogP contribution in [-0.4, -0.2) is 50.3 Å². The summed E-state index contributed by atoms with van der Waals surface area (Å²) in [7, 11) is 0. The topological polar surface area (TPSA) is 173 Å². The molecule has 0 aliphatic rings. The fourth-order valence-electron chi connectivity index (χ4n) is 10.9. The molecule has 14 heteroatoms. The zero-order valence-corrected chi connectivity index (χ0v) is 55.6. The van der Waals surface area contributed by atoms with Gasteiger partial charge in [0.2, 0.25) is 0 Å². The second kappa shape index (κ2) is 39.5. The van der Waals surface area contributed by atoms with Crippen molar-refractivity contribution in [1.82, 2.24) is 0 Å². The monoisotopic (exact) mass is 1270 g/mol. The minimum Gasteiger partial charge on any atom is -0.494 e. The lowest BCUT2D eigenvalue weighted by molar-refractivity contribution is -0.146. The first-order valence-corrected chi connectivity index (χ1v) is 34.4. The Morgan fingerprint density at radius 1 is 0.309 bits per heavy atom. The highest BCUT2D eigenvalue weighted by Crippen LogP contribution is 2.31. The van der Waals surface area contributed by atoms with E-state index >= 15 is 0 Å². The fraction of sp³-hybridized carbons (Fsp3) is 0.400. The first-order chi connectivity index (χ1) is 46.0. The Balaban J connectivity index is 0.654. The van der Waals surface area contributed by atoms with Gasteiger partial charge in [-0.15, -0.1) is 0 Å². The van der Waals surface area contributed by atoms with E-state index in [2.05, 4.69) is 34.3 Å². The number of esters is 4. The molecule has 0 aromatic heterocycles. The van der Waals surface area contributed by atoms with Gasteiger partial charge in [-0.25, -0.2) is 9.59 Å². The highest BCUT2D eigenvalue weighted by atomic mass is 16.5. The number of hydrogen-bond donors (Lipinski definition) is 0. The maximum Gasteiger partial charge on any atom is 0.343 e. The van der Waals surface area contributed by atoms with Gasteiger partial charge in [0.05, 0.1) is 72.1 Å². The lowest BCUT2D eigenvalue weighted by Crippen LogP contribution is -2.14. The van der Waals surface area contributed by atoms with E-state index in [0.29, 0.717) is 71.8 Å². The number of fused-ring (bicyclic) bond motifs is 2. The number of carbonyl (C=O) groups excluding carboxylic acids is 4. The second-order valence-electron chi connectivity index (χ2n) is 24.3. The third-order valence-corrected chi connectivity index (χ3v) is 16.8. The van der Waals surface area contributed by atoms with Crippen molar-refractivity contribution in [1.29, 1.82) is 0 Å². The summed E-state index contributed by atoms with van der Waals surface area (Å²) in [6.45, 7) is 10.3. The molecule has 0 unspecified atom stereocenters. The average molecular weight is 1270 g/mol. The molecule has 2 atom stereocenters. The molecule has 0 aliphatic heterocycles. The van der Waals surface area contributed by atoms with Gasteiger partial charge in [-0.1, -0.05) is 178 Å². The molecule has 0 amide bonds. The first-order valence-electron chi connectivity index (χ1n) is 34.4. The van der Waals surface area contributed by atoms with Gasteiger partial charge in [0.15, 0.2) is 0 Å². The van der Waals surface area contributed by atoms with Gasteiger partial charge >= 0.3 is 23.9 Å². The van der Waals surface area contributed by atoms with Crippen LogP contribution >= 0.6 is 0 Å². The van der Waals surface area contributed by atoms with Gasteiger partial charge in [-0.3, -0.25) is 9.59 Å². The zero-order chi connectivity index (χ0) is 66.0. The van der Waals surface area contributed by atoms with Crippen LogP contribution in [0.4, 0.5) is 22.7 Å². The third kappa shape index (κ3) is 24.1. The van der Waals surface area contributed by atoms with Crippen molar-refractivity contribution in [3.8, 4) is 23.0 Å². The fourth-order valence-corrected chi connectivity index (χ4v) is 10.9. The molecule has 94 heavy (non-hydrogen) atoms. The highest BCUT2D eigenvalue weighted by molar-refractivity contribution is 5.94. The molecule has 14 nitrogen and oxygen atoms in total. The minimum atomic E-state index is -0.489. The molecule has 0 N–H and O–H groups in total. The molecule has 8 aromatic rings. The molecule has 494 valence electrons. The number of hydrogen-bond acceptors (Lipinski definition) is 14. The van der Waals surface area contributed by atoms with E-state index in [1.165, 1.54) is 89.9 Å². The summed E-state index contributed by atoms with van der Waals surface area (Å²) in [6, 6.07) is 51.2. The van der Waals surface area contributed by atoms with Crippen molar-refractivity contribution in [3.63, 3.8) is 0 Å². The molecular weight excluding hydrogens is 1180 g/mol. The van der Waals surface area contributed by atoms with Crippen LogP contribution in [0.25, 0.3) is 21.5 Å². The maximum atomic E-state index is 13.1. The van der Waals surface area contributed by atoms with E-state index in [-0.39, 0.29) is 11.9 Å². The van der Waals surface area contributed by atoms with E-state index in [9.17, 15) is 19.2 Å². The van der Waals surface area contributed by atoms with Crippen molar-refractivity contribution in [2.24, 2.45) is 20.5 Å². The van der Waals surface area contributed by atoms with Gasteiger partial charge in [-0.2, -0.15) is 20.5 Å². The lowest BCUT2D eigenvalue weighted by atomic mass is 9.98. The number of nitrogens with zero attached hydrogens (tertiary/aromatic N) is 4. The molecule has 0 fully saturated rings. The lowest BCUT2D eigenvalue weighted by Gasteiger charge is -2.13. The Morgan fingerprint density at radius 2 is 0.585 bits per heavy atom. The Hall–Kier alpha value is -9.04. The minimum absolute atomic E-state index is 0.277. The summed E-state index contributed by atoms with van der Waals surface area (Å²) < 4.78 is 34.6. The Bertz CT molecular complexity index is 3440. The predicted molar refractivity (Wildman–Crippen MR) is 375 cm³/mol. The molecular formula is C80H94N4O10.